The minimum Gasteiger partial charge on any atom is -0.449 e. The van der Waals surface area contributed by atoms with Crippen molar-refractivity contribution in [2.24, 2.45) is 0 Å². The number of alkyl carbamates (subject to hydrolysis) is 1. The van der Waals surface area contributed by atoms with Crippen LogP contribution < -0.4 is 5.32 Å². The summed E-state index contributed by atoms with van der Waals surface area (Å²) in [5.41, 5.74) is 8.61. The second kappa shape index (κ2) is 36.0. The van der Waals surface area contributed by atoms with Gasteiger partial charge in [0.1, 0.15) is 31.0 Å². The van der Waals surface area contributed by atoms with Crippen LogP contribution in [0.25, 0.3) is 11.1 Å². The highest BCUT2D eigenvalue weighted by Gasteiger charge is 2.51. The Labute approximate surface area is 555 Å². The summed E-state index contributed by atoms with van der Waals surface area (Å²) in [7, 11) is -5.20. The van der Waals surface area contributed by atoms with Crippen molar-refractivity contribution in [2.45, 2.75) is 250 Å². The Morgan fingerprint density at radius 1 is 0.478 bits per heavy atom. The first-order chi connectivity index (χ1) is 44.3. The molecule has 1 saturated heterocycles. The molecule has 0 spiro atoms. The summed E-state index contributed by atoms with van der Waals surface area (Å²) in [6.07, 6.45) is 9.99. The lowest BCUT2D eigenvalue weighted by atomic mass is 9.97. The van der Waals surface area contributed by atoms with E-state index < -0.39 is 71.7 Å². The summed E-state index contributed by atoms with van der Waals surface area (Å²) in [5.74, 6) is -0.147. The first-order valence-corrected chi connectivity index (χ1v) is 40.5. The lowest BCUT2D eigenvalue weighted by molar-refractivity contribution is -0.329. The first kappa shape index (κ1) is 72.5. The number of hydrogen-bond acceptors (Lipinski definition) is 10. The van der Waals surface area contributed by atoms with Crippen LogP contribution in [0, 0.1) is 0 Å². The topological polar surface area (TPSA) is 112 Å². The molecule has 11 nitrogen and oxygen atoms in total. The van der Waals surface area contributed by atoms with E-state index in [1.54, 1.807) is 0 Å². The van der Waals surface area contributed by atoms with Crippen molar-refractivity contribution in [1.29, 1.82) is 0 Å². The molecule has 1 aliphatic heterocycles. The van der Waals surface area contributed by atoms with Crippen molar-refractivity contribution in [1.82, 2.24) is 5.32 Å². The number of amides is 1. The van der Waals surface area contributed by atoms with E-state index in [-0.39, 0.29) is 49.0 Å². The zero-order valence-electron chi connectivity index (χ0n) is 57.6. The molecule has 1 aliphatic carbocycles. The Kier molecular flexibility index (Phi) is 28.4. The molecular formula is C79H111NO10Si2. The van der Waals surface area contributed by atoms with Gasteiger partial charge in [-0.15, -0.1) is 0 Å². The van der Waals surface area contributed by atoms with Gasteiger partial charge in [0.05, 0.1) is 57.9 Å². The average molecular weight is 1290 g/mol. The summed E-state index contributed by atoms with van der Waals surface area (Å²) < 4.78 is 64.9. The third kappa shape index (κ3) is 21.6. The molecule has 0 aromatic heterocycles. The SMILES string of the molecule is CCCCCCCCCCCCCC[C@@H](O[Si](C)(C)C(C)(C)C)[C@@H](O[Si](C)(C)C(C)(C)C)[C@H](CO[C@H]1OC(COCc2ccccc2)[C@H](OCc2ccccc2)[C@@H](OCc2ccccc2)C1OCc1ccccc1)NC(=O)OCC1c2ccccc2-c2ccccc21. The molecule has 8 atom stereocenters. The summed E-state index contributed by atoms with van der Waals surface area (Å²) in [6.45, 7) is 26.6. The van der Waals surface area contributed by atoms with Gasteiger partial charge in [0.25, 0.3) is 0 Å². The Morgan fingerprint density at radius 2 is 0.891 bits per heavy atom. The Balaban J connectivity index is 1.17. The second-order valence-electron chi connectivity index (χ2n) is 28.7. The molecule has 1 amide bonds. The highest BCUT2D eigenvalue weighted by atomic mass is 28.4. The van der Waals surface area contributed by atoms with E-state index in [4.69, 9.17) is 42.0 Å². The van der Waals surface area contributed by atoms with Gasteiger partial charge in [-0.3, -0.25) is 0 Å². The fraction of sp³-hybridized carbons (Fsp3) is 0.532. The number of rotatable bonds is 38. The second-order valence-corrected chi connectivity index (χ2v) is 38.2. The van der Waals surface area contributed by atoms with E-state index in [1.807, 2.05) is 72.8 Å². The molecule has 1 heterocycles. The van der Waals surface area contributed by atoms with Crippen LogP contribution in [-0.4, -0.2) is 91.5 Å². The summed E-state index contributed by atoms with van der Waals surface area (Å²) in [6, 6.07) is 56.7. The van der Waals surface area contributed by atoms with Gasteiger partial charge in [0.2, 0.25) is 0 Å². The fourth-order valence-corrected chi connectivity index (χ4v) is 14.8. The van der Waals surface area contributed by atoms with Crippen molar-refractivity contribution in [3.8, 4) is 11.1 Å². The molecule has 6 aromatic carbocycles. The predicted molar refractivity (Wildman–Crippen MR) is 378 cm³/mol. The van der Waals surface area contributed by atoms with Crippen LogP contribution in [0.1, 0.15) is 171 Å². The average Bonchev–Trinajstić information content (AvgIpc) is 1.50. The van der Waals surface area contributed by atoms with Gasteiger partial charge in [0, 0.05) is 5.92 Å². The Bertz CT molecular complexity index is 3000. The maximum atomic E-state index is 15.2. The highest BCUT2D eigenvalue weighted by molar-refractivity contribution is 6.74. The third-order valence-corrected chi connectivity index (χ3v) is 28.5. The molecule has 0 bridgehead atoms. The predicted octanol–water partition coefficient (Wildman–Crippen LogP) is 19.5. The minimum absolute atomic E-state index is 0.0479. The van der Waals surface area contributed by atoms with E-state index >= 15 is 4.79 Å². The normalized spacial score (nSPS) is 18.8. The van der Waals surface area contributed by atoms with Gasteiger partial charge in [-0.1, -0.05) is 295 Å². The number of fused-ring (bicyclic) bond motifs is 3. The summed E-state index contributed by atoms with van der Waals surface area (Å²) >= 11 is 0. The van der Waals surface area contributed by atoms with Gasteiger partial charge < -0.3 is 47.3 Å². The monoisotopic (exact) mass is 1290 g/mol. The Morgan fingerprint density at radius 3 is 1.37 bits per heavy atom. The lowest BCUT2D eigenvalue weighted by Gasteiger charge is -2.48. The van der Waals surface area contributed by atoms with Crippen molar-refractivity contribution in [3.63, 3.8) is 0 Å². The van der Waals surface area contributed by atoms with E-state index in [0.717, 1.165) is 70.2 Å². The van der Waals surface area contributed by atoms with Crippen LogP contribution >= 0.6 is 0 Å². The van der Waals surface area contributed by atoms with E-state index in [9.17, 15) is 0 Å². The fourth-order valence-electron chi connectivity index (χ4n) is 12.1. The molecule has 13 heteroatoms. The molecule has 1 N–H and O–H groups in total. The number of benzene rings is 6. The van der Waals surface area contributed by atoms with Crippen LogP contribution in [0.3, 0.4) is 0 Å². The van der Waals surface area contributed by atoms with Crippen molar-refractivity contribution in [3.05, 3.63) is 203 Å². The molecule has 1 fully saturated rings. The zero-order valence-corrected chi connectivity index (χ0v) is 59.6. The van der Waals surface area contributed by atoms with Crippen LogP contribution in [-0.2, 0) is 68.4 Å². The van der Waals surface area contributed by atoms with E-state index in [0.29, 0.717) is 13.2 Å². The number of unbranched alkanes of at least 4 members (excludes halogenated alkanes) is 11. The lowest BCUT2D eigenvalue weighted by Crippen LogP contribution is -2.63. The van der Waals surface area contributed by atoms with Gasteiger partial charge in [-0.25, -0.2) is 4.79 Å². The molecule has 0 saturated carbocycles. The van der Waals surface area contributed by atoms with Gasteiger partial charge in [0.15, 0.2) is 22.9 Å². The minimum atomic E-state index is -2.68. The number of carbonyl (C=O) groups excluding carboxylic acids is 1. The van der Waals surface area contributed by atoms with E-state index in [1.165, 1.54) is 57.8 Å². The number of ether oxygens (including phenoxy) is 7. The van der Waals surface area contributed by atoms with Gasteiger partial charge in [-0.05, 0) is 87.2 Å². The zero-order chi connectivity index (χ0) is 65.4. The number of hydrogen-bond donors (Lipinski definition) is 1. The van der Waals surface area contributed by atoms with Crippen molar-refractivity contribution >= 4 is 22.7 Å². The molecule has 2 aliphatic rings. The molecular weight excluding hydrogens is 1180 g/mol. The standard InChI is InChI=1S/C79H111NO10Si2/c1-12-13-14-15-16-17-18-19-20-21-22-35-52-70(89-91(8,9)78(2,3)4)72(90-92(10,11)79(5,6)7)69(80-77(81)87-57-68-66-50-38-36-48-64(66)65-49-37-39-51-67(65)68)58-86-76-75(85-56-63-46-33-26-34-47-63)74(84-55-62-44-31-25-32-45-62)73(83-54-61-42-29-24-30-43-61)71(88-76)59-82-53-60-40-27-23-28-41-60/h23-34,36-51,68-76H,12-22,35,52-59H2,1-11H3,(H,80,81)/t69-,70+,71?,72-,73-,74+,75?,76-/m0/s1. The molecule has 500 valence electrons. The molecule has 92 heavy (non-hydrogen) atoms. The van der Waals surface area contributed by atoms with Crippen LogP contribution in [0.5, 0.6) is 0 Å². The van der Waals surface area contributed by atoms with Crippen LogP contribution in [0.4, 0.5) is 4.79 Å². The maximum Gasteiger partial charge on any atom is 0.407 e. The molecule has 2 unspecified atom stereocenters. The Hall–Kier alpha value is -5.30. The van der Waals surface area contributed by atoms with Gasteiger partial charge in [-0.2, -0.15) is 0 Å². The summed E-state index contributed by atoms with van der Waals surface area (Å²) in [4.78, 5) is 15.2. The quantitative estimate of drug-likeness (QED) is 0.0297. The summed E-state index contributed by atoms with van der Waals surface area (Å²) in [5, 5.41) is 3.14. The number of carbonyl (C=O) groups is 1. The van der Waals surface area contributed by atoms with E-state index in [2.05, 4.69) is 177 Å². The highest BCUT2D eigenvalue weighted by Crippen LogP contribution is 2.46. The van der Waals surface area contributed by atoms with Gasteiger partial charge >= 0.3 is 6.09 Å². The van der Waals surface area contributed by atoms with Crippen LogP contribution in [0.2, 0.25) is 36.3 Å². The smallest absolute Gasteiger partial charge is 0.407 e. The van der Waals surface area contributed by atoms with Crippen LogP contribution in [0.15, 0.2) is 170 Å². The number of nitrogens with one attached hydrogen (secondary N) is 1. The third-order valence-electron chi connectivity index (χ3n) is 19.5. The molecule has 0 radical (unpaired) electrons. The molecule has 6 aromatic rings. The van der Waals surface area contributed by atoms with Crippen molar-refractivity contribution < 1.29 is 46.8 Å². The molecule has 8 rings (SSSR count). The van der Waals surface area contributed by atoms with Crippen molar-refractivity contribution in [2.75, 3.05) is 19.8 Å². The first-order valence-electron chi connectivity index (χ1n) is 34.6. The maximum absolute atomic E-state index is 15.2. The largest absolute Gasteiger partial charge is 0.449 e.